The number of carbonyl (C=O) groups excluding carboxylic acids is 1. The summed E-state index contributed by atoms with van der Waals surface area (Å²) < 4.78 is 31.5. The van der Waals surface area contributed by atoms with Gasteiger partial charge in [0.2, 0.25) is 5.88 Å². The number of amidine groups is 1. The molecule has 2 heterocycles. The monoisotopic (exact) mass is 417 g/mol. The molecule has 1 saturated carbocycles. The molecular weight excluding hydrogens is 397 g/mol. The molecule has 1 aromatic carbocycles. The van der Waals surface area contributed by atoms with Gasteiger partial charge in [0.25, 0.3) is 5.91 Å². The van der Waals surface area contributed by atoms with Gasteiger partial charge in [0.05, 0.1) is 19.5 Å². The molecular formula is C19H20FN5O3S. The largest absolute Gasteiger partial charge is 0.616 e. The molecule has 2 fully saturated rings. The predicted molar refractivity (Wildman–Crippen MR) is 106 cm³/mol. The SMILES string of the molecule is COc1cnc(C(=O)Nc2ccc(F)c(C3C[S+]([O-])C4(CCC4)C(=N)N3)c2)cn1. The van der Waals surface area contributed by atoms with Crippen LogP contribution in [0.2, 0.25) is 0 Å². The number of anilines is 1. The van der Waals surface area contributed by atoms with Gasteiger partial charge in [-0.1, -0.05) is 0 Å². The van der Waals surface area contributed by atoms with Crippen LogP contribution in [0.25, 0.3) is 0 Å². The van der Waals surface area contributed by atoms with Gasteiger partial charge in [0, 0.05) is 24.1 Å². The smallest absolute Gasteiger partial charge is 0.275 e. The van der Waals surface area contributed by atoms with Crippen LogP contribution in [0.1, 0.15) is 41.4 Å². The van der Waals surface area contributed by atoms with Crippen LogP contribution >= 0.6 is 0 Å². The van der Waals surface area contributed by atoms with E-state index in [1.807, 2.05) is 0 Å². The Morgan fingerprint density at radius 2 is 2.21 bits per heavy atom. The van der Waals surface area contributed by atoms with Crippen LogP contribution in [0.3, 0.4) is 0 Å². The second kappa shape index (κ2) is 7.60. The topological polar surface area (TPSA) is 123 Å². The van der Waals surface area contributed by atoms with Crippen molar-refractivity contribution in [3.8, 4) is 5.88 Å². The molecule has 0 bridgehead atoms. The van der Waals surface area contributed by atoms with E-state index in [4.69, 9.17) is 10.1 Å². The highest BCUT2D eigenvalue weighted by Crippen LogP contribution is 2.44. The van der Waals surface area contributed by atoms with Gasteiger partial charge in [-0.15, -0.1) is 0 Å². The van der Waals surface area contributed by atoms with Crippen molar-refractivity contribution in [2.75, 3.05) is 18.2 Å². The fourth-order valence-electron chi connectivity index (χ4n) is 3.54. The van der Waals surface area contributed by atoms with Gasteiger partial charge in [-0.25, -0.2) is 14.4 Å². The van der Waals surface area contributed by atoms with Crippen molar-refractivity contribution in [1.82, 2.24) is 15.3 Å². The van der Waals surface area contributed by atoms with Crippen molar-refractivity contribution in [3.05, 3.63) is 47.7 Å². The fraction of sp³-hybridized carbons (Fsp3) is 0.368. The number of carbonyl (C=O) groups is 1. The molecule has 2 aromatic rings. The molecule has 1 aromatic heterocycles. The molecule has 0 radical (unpaired) electrons. The van der Waals surface area contributed by atoms with Crippen molar-refractivity contribution in [2.24, 2.45) is 0 Å². The van der Waals surface area contributed by atoms with Crippen molar-refractivity contribution in [3.63, 3.8) is 0 Å². The summed E-state index contributed by atoms with van der Waals surface area (Å²) in [6, 6.07) is 3.58. The maximum Gasteiger partial charge on any atom is 0.275 e. The van der Waals surface area contributed by atoms with Gasteiger partial charge in [0.1, 0.15) is 23.3 Å². The molecule has 1 amide bonds. The Balaban J connectivity index is 1.51. The van der Waals surface area contributed by atoms with E-state index in [0.29, 0.717) is 5.69 Å². The minimum atomic E-state index is -1.25. The van der Waals surface area contributed by atoms with Crippen molar-refractivity contribution < 1.29 is 18.5 Å². The summed E-state index contributed by atoms with van der Waals surface area (Å²) in [6.07, 6.45) is 5.00. The van der Waals surface area contributed by atoms with E-state index in [2.05, 4.69) is 20.6 Å². The van der Waals surface area contributed by atoms with Gasteiger partial charge >= 0.3 is 0 Å². The summed E-state index contributed by atoms with van der Waals surface area (Å²) >= 11 is -1.25. The average Bonchev–Trinajstić information content (AvgIpc) is 2.68. The van der Waals surface area contributed by atoms with E-state index < -0.39 is 33.7 Å². The van der Waals surface area contributed by atoms with Gasteiger partial charge in [-0.2, -0.15) is 0 Å². The van der Waals surface area contributed by atoms with Gasteiger partial charge in [0.15, 0.2) is 10.6 Å². The highest BCUT2D eigenvalue weighted by molar-refractivity contribution is 7.93. The lowest BCUT2D eigenvalue weighted by Gasteiger charge is -2.47. The molecule has 1 saturated heterocycles. The zero-order chi connectivity index (χ0) is 20.6. The van der Waals surface area contributed by atoms with E-state index in [9.17, 15) is 13.7 Å². The van der Waals surface area contributed by atoms with E-state index >= 15 is 0 Å². The van der Waals surface area contributed by atoms with Gasteiger partial charge < -0.3 is 19.9 Å². The number of benzene rings is 1. The minimum Gasteiger partial charge on any atom is -0.616 e. The number of ether oxygens (including phenoxy) is 1. The van der Waals surface area contributed by atoms with Crippen molar-refractivity contribution in [2.45, 2.75) is 30.1 Å². The minimum absolute atomic E-state index is 0.0854. The molecule has 1 spiro atoms. The van der Waals surface area contributed by atoms with Crippen LogP contribution < -0.4 is 15.4 Å². The molecule has 2 aliphatic rings. The lowest BCUT2D eigenvalue weighted by molar-refractivity contribution is 0.102. The summed E-state index contributed by atoms with van der Waals surface area (Å²) in [5, 5.41) is 13.9. The molecule has 2 unspecified atom stereocenters. The molecule has 10 heteroatoms. The second-order valence-corrected chi connectivity index (χ2v) is 8.87. The lowest BCUT2D eigenvalue weighted by Crippen LogP contribution is -2.63. The molecule has 1 aliphatic carbocycles. The fourth-order valence-corrected chi connectivity index (χ4v) is 5.45. The summed E-state index contributed by atoms with van der Waals surface area (Å²) in [4.78, 5) is 20.3. The maximum absolute atomic E-state index is 14.5. The molecule has 29 heavy (non-hydrogen) atoms. The Hall–Kier alpha value is -2.72. The molecule has 2 atom stereocenters. The summed E-state index contributed by atoms with van der Waals surface area (Å²) in [5.41, 5.74) is 0.713. The summed E-state index contributed by atoms with van der Waals surface area (Å²) in [6.45, 7) is 0. The molecule has 3 N–H and O–H groups in total. The lowest BCUT2D eigenvalue weighted by atomic mass is 9.82. The van der Waals surface area contributed by atoms with Gasteiger partial charge in [-0.05, 0) is 35.8 Å². The standard InChI is InChI=1S/C19H20FN5O3S/c1-28-16-9-22-14(8-23-16)17(26)24-11-3-4-13(20)12(7-11)15-10-29(27)19(5-2-6-19)18(21)25-15/h3-4,7-9,15H,2,5-6,10H2,1H3,(H2,21,25)(H,24,26). The Bertz CT molecular complexity index is 951. The van der Waals surface area contributed by atoms with E-state index in [1.165, 1.54) is 37.7 Å². The first-order chi connectivity index (χ1) is 13.9. The van der Waals surface area contributed by atoms with Crippen LogP contribution in [0.15, 0.2) is 30.6 Å². The third-order valence-corrected chi connectivity index (χ3v) is 7.51. The summed E-state index contributed by atoms with van der Waals surface area (Å²) in [5.74, 6) is -0.270. The highest BCUT2D eigenvalue weighted by atomic mass is 32.2. The van der Waals surface area contributed by atoms with Gasteiger partial charge in [-0.3, -0.25) is 10.2 Å². The predicted octanol–water partition coefficient (Wildman–Crippen LogP) is 2.17. The zero-order valence-electron chi connectivity index (χ0n) is 15.7. The zero-order valence-corrected chi connectivity index (χ0v) is 16.5. The molecule has 4 rings (SSSR count). The first-order valence-corrected chi connectivity index (χ1v) is 10.5. The Morgan fingerprint density at radius 1 is 1.41 bits per heavy atom. The van der Waals surface area contributed by atoms with Crippen LogP contribution in [-0.2, 0) is 11.2 Å². The average molecular weight is 417 g/mol. The number of nitrogens with one attached hydrogen (secondary N) is 3. The van der Waals surface area contributed by atoms with E-state index in [1.54, 1.807) is 0 Å². The number of rotatable bonds is 4. The number of methoxy groups -OCH3 is 1. The number of aromatic nitrogens is 2. The number of halogens is 1. The first-order valence-electron chi connectivity index (χ1n) is 9.14. The Kier molecular flexibility index (Phi) is 5.13. The molecule has 1 aliphatic heterocycles. The molecule has 8 nitrogen and oxygen atoms in total. The van der Waals surface area contributed by atoms with Crippen LogP contribution in [0, 0.1) is 11.2 Å². The number of amides is 1. The third kappa shape index (κ3) is 3.53. The van der Waals surface area contributed by atoms with Crippen molar-refractivity contribution in [1.29, 1.82) is 5.41 Å². The second-order valence-electron chi connectivity index (χ2n) is 7.07. The van der Waals surface area contributed by atoms with Crippen molar-refractivity contribution >= 4 is 28.6 Å². The number of hydrogen-bond acceptors (Lipinski definition) is 6. The third-order valence-electron chi connectivity index (χ3n) is 5.39. The first kappa shape index (κ1) is 19.6. The maximum atomic E-state index is 14.5. The normalized spacial score (nSPS) is 22.5. The van der Waals surface area contributed by atoms with Crippen LogP contribution in [-0.4, -0.2) is 43.9 Å². The number of nitrogens with zero attached hydrogens (tertiary/aromatic N) is 2. The quantitative estimate of drug-likeness (QED) is 0.655. The highest BCUT2D eigenvalue weighted by Gasteiger charge is 2.56. The molecule has 152 valence electrons. The number of hydrogen-bond donors (Lipinski definition) is 3. The van der Waals surface area contributed by atoms with E-state index in [0.717, 1.165) is 19.3 Å². The Labute approximate surface area is 170 Å². The Morgan fingerprint density at radius 3 is 2.79 bits per heavy atom. The summed E-state index contributed by atoms with van der Waals surface area (Å²) in [7, 11) is 1.45. The van der Waals surface area contributed by atoms with Crippen LogP contribution in [0.4, 0.5) is 10.1 Å². The van der Waals surface area contributed by atoms with E-state index in [-0.39, 0.29) is 28.7 Å². The van der Waals surface area contributed by atoms with Crippen LogP contribution in [0.5, 0.6) is 5.88 Å².